The van der Waals surface area contributed by atoms with Gasteiger partial charge in [0.2, 0.25) is 0 Å². The summed E-state index contributed by atoms with van der Waals surface area (Å²) in [6.45, 7) is 8.47. The summed E-state index contributed by atoms with van der Waals surface area (Å²) in [6.07, 6.45) is 0. The van der Waals surface area contributed by atoms with Crippen LogP contribution in [0.1, 0.15) is 27.7 Å². The first-order valence-electron chi connectivity index (χ1n) is 21.3. The maximum absolute atomic E-state index is 6.66. The van der Waals surface area contributed by atoms with E-state index in [0.29, 0.717) is 0 Å². The molecule has 0 aliphatic carbocycles. The van der Waals surface area contributed by atoms with Gasteiger partial charge in [-0.25, -0.2) is 0 Å². The van der Waals surface area contributed by atoms with Crippen molar-refractivity contribution in [2.75, 3.05) is 0 Å². The normalized spacial score (nSPS) is 15.0. The molecule has 0 saturated carbocycles. The van der Waals surface area contributed by atoms with E-state index in [1.165, 1.54) is 76.5 Å². The monoisotopic (exact) mass is 786 g/mol. The summed E-state index contributed by atoms with van der Waals surface area (Å²) in [4.78, 5) is 0. The van der Waals surface area contributed by atoms with Gasteiger partial charge in [-0.3, -0.25) is 0 Å². The SMILES string of the molecule is CC1(C)OB(c2ccc3c(-c4ccc(-n5c6ccccc6c6ccccc65)cc4)c4ccccc4c(-c4ccc(-n5c6ccccc6c6ccccc65)cc4)c3c2)OC1(C)C. The van der Waals surface area contributed by atoms with E-state index in [1.54, 1.807) is 0 Å². The van der Waals surface area contributed by atoms with Crippen LogP contribution in [-0.4, -0.2) is 27.5 Å². The second-order valence-corrected chi connectivity index (χ2v) is 17.5. The standard InChI is InChI=1S/C56H43BN2O2/c1-55(2)56(3,4)61-57(60-55)38-29-34-47-48(35-38)54(37-27-32-40(33-28-37)59-51-23-13-9-17-43(51)44-18-10-14-24-52(44)59)46-20-6-5-19-45(46)53(47)36-25-30-39(31-26-36)58-49-21-11-7-15-41(49)42-16-8-12-22-50(42)58/h5-35H,1-4H3. The van der Waals surface area contributed by atoms with Gasteiger partial charge in [0.05, 0.1) is 33.3 Å². The molecule has 292 valence electrons. The molecule has 0 spiro atoms. The van der Waals surface area contributed by atoms with Crippen LogP contribution in [0.25, 0.3) is 98.8 Å². The topological polar surface area (TPSA) is 28.3 Å². The van der Waals surface area contributed by atoms with Gasteiger partial charge in [0.25, 0.3) is 0 Å². The molecule has 11 aromatic rings. The van der Waals surface area contributed by atoms with Crippen LogP contribution < -0.4 is 5.46 Å². The van der Waals surface area contributed by atoms with Crippen molar-refractivity contribution in [2.24, 2.45) is 0 Å². The molecule has 1 saturated heterocycles. The molecule has 1 aliphatic rings. The second-order valence-electron chi connectivity index (χ2n) is 17.5. The zero-order chi connectivity index (χ0) is 41.0. The van der Waals surface area contributed by atoms with Crippen LogP contribution in [0.3, 0.4) is 0 Å². The van der Waals surface area contributed by atoms with Crippen molar-refractivity contribution >= 4 is 77.7 Å². The lowest BCUT2D eigenvalue weighted by atomic mass is 9.76. The van der Waals surface area contributed by atoms with E-state index in [2.05, 4.69) is 225 Å². The Morgan fingerprint density at radius 3 is 1.07 bits per heavy atom. The Balaban J connectivity index is 1.06. The third-order valence-corrected chi connectivity index (χ3v) is 13.6. The van der Waals surface area contributed by atoms with Crippen molar-refractivity contribution in [2.45, 2.75) is 38.9 Å². The summed E-state index contributed by atoms with van der Waals surface area (Å²) >= 11 is 0. The average molecular weight is 787 g/mol. The fourth-order valence-corrected chi connectivity index (χ4v) is 9.90. The summed E-state index contributed by atoms with van der Waals surface area (Å²) in [7, 11) is -0.486. The molecule has 4 nitrogen and oxygen atoms in total. The Morgan fingerprint density at radius 2 is 0.672 bits per heavy atom. The fraction of sp³-hybridized carbons (Fsp3) is 0.107. The van der Waals surface area contributed by atoms with Crippen molar-refractivity contribution in [1.29, 1.82) is 0 Å². The van der Waals surface area contributed by atoms with E-state index in [0.717, 1.165) is 27.8 Å². The first-order valence-corrected chi connectivity index (χ1v) is 21.3. The average Bonchev–Trinajstić information content (AvgIpc) is 3.89. The fourth-order valence-electron chi connectivity index (χ4n) is 9.90. The number of benzene rings is 9. The highest BCUT2D eigenvalue weighted by molar-refractivity contribution is 6.62. The lowest BCUT2D eigenvalue weighted by Crippen LogP contribution is -2.41. The minimum atomic E-state index is -0.486. The molecule has 0 radical (unpaired) electrons. The number of aromatic nitrogens is 2. The van der Waals surface area contributed by atoms with Crippen LogP contribution in [0.4, 0.5) is 0 Å². The molecule has 3 heterocycles. The Morgan fingerprint density at radius 1 is 0.344 bits per heavy atom. The Bertz CT molecular complexity index is 3420. The zero-order valence-electron chi connectivity index (χ0n) is 34.7. The number of hydrogen-bond acceptors (Lipinski definition) is 2. The van der Waals surface area contributed by atoms with Crippen LogP contribution >= 0.6 is 0 Å². The van der Waals surface area contributed by atoms with Gasteiger partial charge in [-0.1, -0.05) is 140 Å². The first kappa shape index (κ1) is 36.0. The van der Waals surface area contributed by atoms with Crippen LogP contribution in [0.2, 0.25) is 0 Å². The number of fused-ring (bicyclic) bond motifs is 8. The third-order valence-electron chi connectivity index (χ3n) is 13.6. The maximum atomic E-state index is 6.66. The molecule has 12 rings (SSSR count). The summed E-state index contributed by atoms with van der Waals surface area (Å²) in [6, 6.07) is 68.7. The van der Waals surface area contributed by atoms with Gasteiger partial charge >= 0.3 is 7.12 Å². The Kier molecular flexibility index (Phi) is 7.84. The summed E-state index contributed by atoms with van der Waals surface area (Å²) in [5.41, 5.74) is 11.9. The van der Waals surface area contributed by atoms with Crippen LogP contribution in [0.15, 0.2) is 188 Å². The molecule has 0 bridgehead atoms. The molecule has 9 aromatic carbocycles. The molecule has 0 N–H and O–H groups in total. The van der Waals surface area contributed by atoms with Gasteiger partial charge in [-0.2, -0.15) is 0 Å². The minimum absolute atomic E-state index is 0.454. The number of rotatable bonds is 5. The number of nitrogens with zero attached hydrogens (tertiary/aromatic N) is 2. The molecule has 61 heavy (non-hydrogen) atoms. The molecule has 1 fully saturated rings. The minimum Gasteiger partial charge on any atom is -0.399 e. The van der Waals surface area contributed by atoms with Crippen molar-refractivity contribution in [3.05, 3.63) is 188 Å². The van der Waals surface area contributed by atoms with Crippen molar-refractivity contribution < 1.29 is 9.31 Å². The summed E-state index contributed by atoms with van der Waals surface area (Å²) in [5.74, 6) is 0. The summed E-state index contributed by atoms with van der Waals surface area (Å²) in [5, 5.41) is 9.80. The van der Waals surface area contributed by atoms with E-state index >= 15 is 0 Å². The molecule has 2 aromatic heterocycles. The van der Waals surface area contributed by atoms with Crippen molar-refractivity contribution in [3.8, 4) is 33.6 Å². The van der Waals surface area contributed by atoms with Crippen molar-refractivity contribution in [3.63, 3.8) is 0 Å². The van der Waals surface area contributed by atoms with Gasteiger partial charge < -0.3 is 18.4 Å². The van der Waals surface area contributed by atoms with E-state index < -0.39 is 18.3 Å². The third kappa shape index (κ3) is 5.41. The van der Waals surface area contributed by atoms with E-state index in [9.17, 15) is 0 Å². The van der Waals surface area contributed by atoms with E-state index in [-0.39, 0.29) is 0 Å². The first-order chi connectivity index (χ1) is 29.8. The molecular formula is C56H43BN2O2. The van der Waals surface area contributed by atoms with E-state index in [4.69, 9.17) is 9.31 Å². The highest BCUT2D eigenvalue weighted by Gasteiger charge is 2.51. The molecule has 0 amide bonds. The lowest BCUT2D eigenvalue weighted by molar-refractivity contribution is 0.00578. The van der Waals surface area contributed by atoms with E-state index in [1.807, 2.05) is 0 Å². The molecule has 1 aliphatic heterocycles. The molecule has 0 atom stereocenters. The maximum Gasteiger partial charge on any atom is 0.494 e. The van der Waals surface area contributed by atoms with Gasteiger partial charge in [-0.15, -0.1) is 0 Å². The zero-order valence-corrected chi connectivity index (χ0v) is 34.7. The smallest absolute Gasteiger partial charge is 0.399 e. The number of hydrogen-bond donors (Lipinski definition) is 0. The Hall–Kier alpha value is -6.92. The summed E-state index contributed by atoms with van der Waals surface area (Å²) < 4.78 is 18.1. The predicted octanol–water partition coefficient (Wildman–Crippen LogP) is 13.8. The second kappa shape index (κ2) is 13.3. The van der Waals surface area contributed by atoms with Gasteiger partial charge in [0.15, 0.2) is 0 Å². The number of para-hydroxylation sites is 4. The van der Waals surface area contributed by atoms with Crippen molar-refractivity contribution in [1.82, 2.24) is 9.13 Å². The largest absolute Gasteiger partial charge is 0.494 e. The van der Waals surface area contributed by atoms with Gasteiger partial charge in [0, 0.05) is 32.9 Å². The van der Waals surface area contributed by atoms with Crippen LogP contribution in [-0.2, 0) is 9.31 Å². The molecule has 0 unspecified atom stereocenters. The molecule has 5 heteroatoms. The predicted molar refractivity (Wildman–Crippen MR) is 257 cm³/mol. The quantitative estimate of drug-likeness (QED) is 0.128. The molecular weight excluding hydrogens is 743 g/mol. The highest BCUT2D eigenvalue weighted by atomic mass is 16.7. The van der Waals surface area contributed by atoms with Crippen LogP contribution in [0.5, 0.6) is 0 Å². The highest BCUT2D eigenvalue weighted by Crippen LogP contribution is 2.45. The van der Waals surface area contributed by atoms with Crippen LogP contribution in [0, 0.1) is 0 Å². The Labute approximate surface area is 355 Å². The lowest BCUT2D eigenvalue weighted by Gasteiger charge is -2.32. The van der Waals surface area contributed by atoms with Gasteiger partial charge in [-0.05, 0) is 125 Å². The van der Waals surface area contributed by atoms with Gasteiger partial charge in [0.1, 0.15) is 0 Å².